The lowest BCUT2D eigenvalue weighted by Crippen LogP contribution is -2.35. The molecule has 1 fully saturated rings. The molecule has 2 aliphatic rings. The van der Waals surface area contributed by atoms with Gasteiger partial charge in [-0.3, -0.25) is 9.35 Å². The first-order valence-electron chi connectivity index (χ1n) is 7.74. The maximum Gasteiger partial charge on any atom is 0.418 e. The van der Waals surface area contributed by atoms with Gasteiger partial charge < -0.3 is 16.0 Å². The number of amides is 3. The number of anilines is 2. The molecule has 1 atom stereocenters. The molecule has 0 aliphatic carbocycles. The van der Waals surface area contributed by atoms with Crippen LogP contribution in [0.3, 0.4) is 0 Å². The summed E-state index contributed by atoms with van der Waals surface area (Å²) in [5, 5.41) is 7.70. The van der Waals surface area contributed by atoms with E-state index >= 15 is 0 Å². The van der Waals surface area contributed by atoms with Gasteiger partial charge in [0.15, 0.2) is 10.9 Å². The average Bonchev–Trinajstić information content (AvgIpc) is 3.31. The second-order valence-corrected chi connectivity index (χ2v) is 7.95. The van der Waals surface area contributed by atoms with Gasteiger partial charge in [-0.05, 0) is 6.08 Å². The number of rotatable bonds is 5. The summed E-state index contributed by atoms with van der Waals surface area (Å²) >= 11 is 1.04. The summed E-state index contributed by atoms with van der Waals surface area (Å²) in [6.45, 7) is 0.344. The van der Waals surface area contributed by atoms with Gasteiger partial charge in [0.25, 0.3) is 5.91 Å². The number of nitrogen functional groups attached to an aromatic ring is 1. The normalized spacial score (nSPS) is 19.1. The number of aromatic nitrogens is 3. The predicted molar refractivity (Wildman–Crippen MR) is 96.2 cm³/mol. The standard InChI is InChI=1S/C13H13N7O6S2/c14-12-15-4-9(27-12)11(21)16-10-1-2-19(17-10)7-3-8-6-18(5-7)13(22)20(8)26-28(23,24)25/h1-4,8H,5-6H2,(H2,14,15)(H,16,17,21)(H,23,24,25). The molecule has 4 N–H and O–H groups in total. The SMILES string of the molecule is Nc1ncc(C(=O)Nc2ccn(C3=CC4CN(C3)C(=O)N4OS(=O)(=O)O)n2)s1. The van der Waals surface area contributed by atoms with E-state index in [1.54, 1.807) is 18.3 Å². The van der Waals surface area contributed by atoms with Crippen molar-refractivity contribution in [3.8, 4) is 0 Å². The topological polar surface area (TPSA) is 173 Å². The Bertz CT molecular complexity index is 1090. The number of fused-ring (bicyclic) bond motifs is 2. The number of nitrogens with one attached hydrogen (secondary N) is 1. The summed E-state index contributed by atoms with van der Waals surface area (Å²) in [6.07, 6.45) is 4.53. The Kier molecular flexibility index (Phi) is 4.30. The van der Waals surface area contributed by atoms with Crippen LogP contribution in [0.15, 0.2) is 24.5 Å². The maximum absolute atomic E-state index is 12.2. The van der Waals surface area contributed by atoms with Crippen LogP contribution in [0.2, 0.25) is 0 Å². The molecule has 0 aromatic carbocycles. The number of hydroxylamine groups is 2. The minimum Gasteiger partial charge on any atom is -0.375 e. The molecule has 2 aliphatic heterocycles. The molecule has 0 spiro atoms. The lowest BCUT2D eigenvalue weighted by atomic mass is 10.2. The number of carbonyl (C=O) groups is 2. The molecule has 1 unspecified atom stereocenters. The highest BCUT2D eigenvalue weighted by atomic mass is 32.3. The first kappa shape index (κ1) is 18.4. The zero-order valence-electron chi connectivity index (χ0n) is 13.9. The van der Waals surface area contributed by atoms with E-state index in [1.165, 1.54) is 15.8 Å². The van der Waals surface area contributed by atoms with Crippen molar-refractivity contribution in [3.05, 3.63) is 29.4 Å². The number of hydrogen-bond donors (Lipinski definition) is 3. The van der Waals surface area contributed by atoms with Gasteiger partial charge in [0.05, 0.1) is 18.4 Å². The first-order valence-corrected chi connectivity index (χ1v) is 9.92. The molecule has 1 saturated heterocycles. The molecule has 148 valence electrons. The van der Waals surface area contributed by atoms with E-state index in [2.05, 4.69) is 19.7 Å². The van der Waals surface area contributed by atoms with E-state index in [9.17, 15) is 18.0 Å². The molecule has 2 bridgehead atoms. The highest BCUT2D eigenvalue weighted by Crippen LogP contribution is 2.27. The highest BCUT2D eigenvalue weighted by molar-refractivity contribution is 7.80. The Hall–Kier alpha value is -3.01. The molecule has 2 aromatic heterocycles. The molecule has 0 radical (unpaired) electrons. The fourth-order valence-corrected chi connectivity index (χ4v) is 3.80. The Morgan fingerprint density at radius 1 is 1.46 bits per heavy atom. The van der Waals surface area contributed by atoms with Gasteiger partial charge >= 0.3 is 16.4 Å². The zero-order valence-corrected chi connectivity index (χ0v) is 15.6. The molecule has 0 saturated carbocycles. The largest absolute Gasteiger partial charge is 0.418 e. The average molecular weight is 427 g/mol. The lowest BCUT2D eigenvalue weighted by molar-refractivity contribution is -0.0183. The summed E-state index contributed by atoms with van der Waals surface area (Å²) in [7, 11) is -4.83. The van der Waals surface area contributed by atoms with Gasteiger partial charge in [0.1, 0.15) is 10.9 Å². The van der Waals surface area contributed by atoms with Gasteiger partial charge in [-0.15, -0.1) is 4.28 Å². The van der Waals surface area contributed by atoms with Crippen LogP contribution >= 0.6 is 11.3 Å². The maximum atomic E-state index is 12.2. The van der Waals surface area contributed by atoms with Crippen molar-refractivity contribution in [2.45, 2.75) is 6.04 Å². The summed E-state index contributed by atoms with van der Waals surface area (Å²) in [5.41, 5.74) is 6.07. The van der Waals surface area contributed by atoms with Crippen molar-refractivity contribution in [1.29, 1.82) is 0 Å². The smallest absolute Gasteiger partial charge is 0.375 e. The van der Waals surface area contributed by atoms with E-state index in [0.717, 1.165) is 11.3 Å². The third kappa shape index (κ3) is 3.55. The number of carbonyl (C=O) groups excluding carboxylic acids is 2. The number of nitrogens with zero attached hydrogens (tertiary/aromatic N) is 5. The molecule has 2 aromatic rings. The fraction of sp³-hybridized carbons (Fsp3) is 0.231. The zero-order chi connectivity index (χ0) is 20.1. The van der Waals surface area contributed by atoms with Crippen molar-refractivity contribution in [2.75, 3.05) is 24.1 Å². The predicted octanol–water partition coefficient (Wildman–Crippen LogP) is -0.131. The third-order valence-electron chi connectivity index (χ3n) is 3.95. The highest BCUT2D eigenvalue weighted by Gasteiger charge is 2.43. The van der Waals surface area contributed by atoms with Crippen molar-refractivity contribution in [3.63, 3.8) is 0 Å². The molecule has 13 nitrogen and oxygen atoms in total. The van der Waals surface area contributed by atoms with Crippen LogP contribution in [-0.2, 0) is 14.7 Å². The van der Waals surface area contributed by atoms with E-state index in [-0.39, 0.29) is 24.0 Å². The van der Waals surface area contributed by atoms with E-state index < -0.39 is 28.4 Å². The number of urea groups is 1. The van der Waals surface area contributed by atoms with Gasteiger partial charge in [0.2, 0.25) is 0 Å². The van der Waals surface area contributed by atoms with Crippen LogP contribution in [0.1, 0.15) is 9.67 Å². The fourth-order valence-electron chi connectivity index (χ4n) is 2.84. The molecule has 3 amide bonds. The third-order valence-corrected chi connectivity index (χ3v) is 5.13. The molecule has 4 rings (SSSR count). The quantitative estimate of drug-likeness (QED) is 0.549. The number of nitrogens with two attached hydrogens (primary N) is 1. The second-order valence-electron chi connectivity index (χ2n) is 5.88. The van der Waals surface area contributed by atoms with Crippen LogP contribution in [0.25, 0.3) is 5.70 Å². The van der Waals surface area contributed by atoms with Gasteiger partial charge in [0, 0.05) is 18.8 Å². The second kappa shape index (κ2) is 6.55. The molecule has 28 heavy (non-hydrogen) atoms. The van der Waals surface area contributed by atoms with Crippen LogP contribution in [0.5, 0.6) is 0 Å². The van der Waals surface area contributed by atoms with Crippen LogP contribution in [-0.4, -0.2) is 68.8 Å². The Balaban J connectivity index is 1.50. The minimum absolute atomic E-state index is 0.140. The van der Waals surface area contributed by atoms with Crippen LogP contribution in [0, 0.1) is 0 Å². The number of thiazole rings is 1. The van der Waals surface area contributed by atoms with Crippen molar-refractivity contribution in [1.82, 2.24) is 24.7 Å². The van der Waals surface area contributed by atoms with Crippen LogP contribution < -0.4 is 11.1 Å². The van der Waals surface area contributed by atoms with Crippen molar-refractivity contribution >= 4 is 50.3 Å². The van der Waals surface area contributed by atoms with E-state index in [1.807, 2.05) is 0 Å². The molecular weight excluding hydrogens is 414 g/mol. The summed E-state index contributed by atoms with van der Waals surface area (Å²) < 4.78 is 36.5. The Labute approximate surface area is 161 Å². The number of hydrogen-bond acceptors (Lipinski definition) is 9. The van der Waals surface area contributed by atoms with Gasteiger partial charge in [-0.2, -0.15) is 18.6 Å². The lowest BCUT2D eigenvalue weighted by Gasteiger charge is -2.20. The monoisotopic (exact) mass is 427 g/mol. The summed E-state index contributed by atoms with van der Waals surface area (Å²) in [5.74, 6) is -0.146. The molecule has 15 heteroatoms. The first-order chi connectivity index (χ1) is 13.2. The van der Waals surface area contributed by atoms with Gasteiger partial charge in [-0.25, -0.2) is 14.5 Å². The Morgan fingerprint density at radius 2 is 2.25 bits per heavy atom. The summed E-state index contributed by atoms with van der Waals surface area (Å²) in [4.78, 5) is 29.8. The van der Waals surface area contributed by atoms with Crippen LogP contribution in [0.4, 0.5) is 15.7 Å². The van der Waals surface area contributed by atoms with E-state index in [0.29, 0.717) is 15.6 Å². The molecular formula is C13H13N7O6S2. The van der Waals surface area contributed by atoms with Gasteiger partial charge in [-0.1, -0.05) is 11.3 Å². The van der Waals surface area contributed by atoms with E-state index in [4.69, 9.17) is 10.3 Å². The Morgan fingerprint density at radius 3 is 2.93 bits per heavy atom. The molecule has 4 heterocycles. The van der Waals surface area contributed by atoms with Crippen molar-refractivity contribution in [2.24, 2.45) is 0 Å². The van der Waals surface area contributed by atoms with Crippen molar-refractivity contribution < 1.29 is 26.8 Å². The summed E-state index contributed by atoms with van der Waals surface area (Å²) in [6, 6.07) is 0.140. The minimum atomic E-state index is -4.83.